The van der Waals surface area contributed by atoms with Crippen molar-refractivity contribution in [2.75, 3.05) is 11.9 Å². The predicted octanol–water partition coefficient (Wildman–Crippen LogP) is 4.09. The minimum atomic E-state index is -3.03. The van der Waals surface area contributed by atoms with Crippen LogP contribution in [0, 0.1) is 0 Å². The molecule has 1 atom stereocenters. The molecule has 0 aliphatic carbocycles. The molecule has 0 saturated carbocycles. The molecule has 0 aromatic heterocycles. The van der Waals surface area contributed by atoms with Gasteiger partial charge in [0.1, 0.15) is 11.5 Å². The first-order chi connectivity index (χ1) is 14.2. The lowest BCUT2D eigenvalue weighted by molar-refractivity contribution is -0.155. The molecule has 160 valence electrons. The topological polar surface area (TPSA) is 90.9 Å². The normalized spacial score (nSPS) is 11.5. The molecule has 10 heteroatoms. The van der Waals surface area contributed by atoms with E-state index in [1.807, 2.05) is 0 Å². The van der Waals surface area contributed by atoms with Gasteiger partial charge in [-0.05, 0) is 56.3 Å². The van der Waals surface area contributed by atoms with E-state index in [9.17, 15) is 23.2 Å². The molecular formula is C20H18ClF2NO6. The van der Waals surface area contributed by atoms with Crippen LogP contribution in [0.25, 0.3) is 0 Å². The molecule has 1 amide bonds. The van der Waals surface area contributed by atoms with Crippen molar-refractivity contribution < 1.29 is 37.4 Å². The quantitative estimate of drug-likeness (QED) is 0.465. The van der Waals surface area contributed by atoms with E-state index in [4.69, 9.17) is 21.1 Å². The third-order valence-corrected chi connectivity index (χ3v) is 4.01. The number of esters is 1. The molecule has 0 saturated heterocycles. The molecule has 0 heterocycles. The molecular weight excluding hydrogens is 424 g/mol. The molecule has 2 aromatic carbocycles. The van der Waals surface area contributed by atoms with E-state index >= 15 is 0 Å². The first-order valence-electron chi connectivity index (χ1n) is 8.64. The SMILES string of the molecule is CC(=O)c1ccc(OCC(=O)OC(C)C(=O)Nc2ccc(OC(F)F)c(Cl)c2)cc1. The number of hydrogen-bond donors (Lipinski definition) is 1. The van der Waals surface area contributed by atoms with Gasteiger partial charge in [0.2, 0.25) is 0 Å². The Morgan fingerprint density at radius 3 is 2.33 bits per heavy atom. The number of Topliss-reactive ketones (excluding diaryl/α,β-unsaturated/α-hetero) is 1. The lowest BCUT2D eigenvalue weighted by atomic mass is 10.1. The number of carbonyl (C=O) groups excluding carboxylic acids is 3. The Bertz CT molecular complexity index is 920. The van der Waals surface area contributed by atoms with Crippen molar-refractivity contribution in [2.45, 2.75) is 26.6 Å². The van der Waals surface area contributed by atoms with Crippen LogP contribution in [0.4, 0.5) is 14.5 Å². The number of nitrogens with one attached hydrogen (secondary N) is 1. The molecule has 1 N–H and O–H groups in total. The fraction of sp³-hybridized carbons (Fsp3) is 0.250. The Morgan fingerprint density at radius 1 is 1.10 bits per heavy atom. The number of rotatable bonds is 9. The fourth-order valence-electron chi connectivity index (χ4n) is 2.23. The number of ketones is 1. The van der Waals surface area contributed by atoms with Crippen LogP contribution in [0.15, 0.2) is 42.5 Å². The van der Waals surface area contributed by atoms with Gasteiger partial charge < -0.3 is 19.5 Å². The van der Waals surface area contributed by atoms with E-state index in [1.54, 1.807) is 12.1 Å². The summed E-state index contributed by atoms with van der Waals surface area (Å²) in [5.41, 5.74) is 0.709. The van der Waals surface area contributed by atoms with Gasteiger partial charge in [-0.15, -0.1) is 0 Å². The number of anilines is 1. The van der Waals surface area contributed by atoms with Crippen molar-refractivity contribution in [3.8, 4) is 11.5 Å². The van der Waals surface area contributed by atoms with Crippen molar-refractivity contribution in [3.63, 3.8) is 0 Å². The number of halogens is 3. The van der Waals surface area contributed by atoms with E-state index < -0.39 is 31.2 Å². The first-order valence-corrected chi connectivity index (χ1v) is 9.02. The lowest BCUT2D eigenvalue weighted by Crippen LogP contribution is -2.31. The number of carbonyl (C=O) groups is 3. The van der Waals surface area contributed by atoms with Crippen LogP contribution in [0.5, 0.6) is 11.5 Å². The van der Waals surface area contributed by atoms with Crippen molar-refractivity contribution in [1.29, 1.82) is 0 Å². The fourth-order valence-corrected chi connectivity index (χ4v) is 2.45. The average Bonchev–Trinajstić information content (AvgIpc) is 2.68. The molecule has 1 unspecified atom stereocenters. The maximum Gasteiger partial charge on any atom is 0.387 e. The summed E-state index contributed by atoms with van der Waals surface area (Å²) in [5.74, 6) is -1.43. The van der Waals surface area contributed by atoms with E-state index in [0.29, 0.717) is 11.3 Å². The summed E-state index contributed by atoms with van der Waals surface area (Å²) >= 11 is 5.82. The Morgan fingerprint density at radius 2 is 1.77 bits per heavy atom. The Hall–Kier alpha value is -3.20. The van der Waals surface area contributed by atoms with Crippen LogP contribution >= 0.6 is 11.6 Å². The van der Waals surface area contributed by atoms with E-state index in [1.165, 1.54) is 44.2 Å². The second-order valence-corrected chi connectivity index (χ2v) is 6.42. The summed E-state index contributed by atoms with van der Waals surface area (Å²) < 4.78 is 38.9. The Labute approximate surface area is 175 Å². The molecule has 2 rings (SSSR count). The van der Waals surface area contributed by atoms with Gasteiger partial charge in [-0.3, -0.25) is 9.59 Å². The van der Waals surface area contributed by atoms with Crippen LogP contribution < -0.4 is 14.8 Å². The van der Waals surface area contributed by atoms with E-state index in [0.717, 1.165) is 0 Å². The summed E-state index contributed by atoms with van der Waals surface area (Å²) in [6.07, 6.45) is -1.16. The summed E-state index contributed by atoms with van der Waals surface area (Å²) in [5, 5.41) is 2.32. The smallest absolute Gasteiger partial charge is 0.387 e. The highest BCUT2D eigenvalue weighted by Crippen LogP contribution is 2.29. The highest BCUT2D eigenvalue weighted by atomic mass is 35.5. The molecule has 0 spiro atoms. The minimum Gasteiger partial charge on any atom is -0.482 e. The number of benzene rings is 2. The molecule has 7 nitrogen and oxygen atoms in total. The zero-order valence-corrected chi connectivity index (χ0v) is 16.7. The second-order valence-electron chi connectivity index (χ2n) is 6.01. The van der Waals surface area contributed by atoms with Crippen LogP contribution in [0.1, 0.15) is 24.2 Å². The van der Waals surface area contributed by atoms with Crippen molar-refractivity contribution >= 4 is 34.9 Å². The predicted molar refractivity (Wildman–Crippen MR) is 104 cm³/mol. The first kappa shape index (κ1) is 23.1. The second kappa shape index (κ2) is 10.5. The monoisotopic (exact) mass is 441 g/mol. The molecule has 30 heavy (non-hydrogen) atoms. The van der Waals surface area contributed by atoms with Gasteiger partial charge in [-0.2, -0.15) is 8.78 Å². The summed E-state index contributed by atoms with van der Waals surface area (Å²) in [7, 11) is 0. The van der Waals surface area contributed by atoms with Gasteiger partial charge in [0.15, 0.2) is 18.5 Å². The highest BCUT2D eigenvalue weighted by Gasteiger charge is 2.19. The van der Waals surface area contributed by atoms with Gasteiger partial charge in [-0.25, -0.2) is 4.79 Å². The largest absolute Gasteiger partial charge is 0.482 e. The zero-order valence-electron chi connectivity index (χ0n) is 16.0. The molecule has 0 radical (unpaired) electrons. The lowest BCUT2D eigenvalue weighted by Gasteiger charge is -2.15. The van der Waals surface area contributed by atoms with Crippen LogP contribution in [-0.2, 0) is 14.3 Å². The summed E-state index contributed by atoms with van der Waals surface area (Å²) in [6, 6.07) is 9.88. The number of hydrogen-bond acceptors (Lipinski definition) is 6. The number of amides is 1. The summed E-state index contributed by atoms with van der Waals surface area (Å²) in [6.45, 7) is -0.691. The number of ether oxygens (including phenoxy) is 3. The molecule has 0 bridgehead atoms. The number of alkyl halides is 2. The zero-order chi connectivity index (χ0) is 22.3. The van der Waals surface area contributed by atoms with Crippen molar-refractivity contribution in [3.05, 3.63) is 53.1 Å². The van der Waals surface area contributed by atoms with Gasteiger partial charge in [0.05, 0.1) is 5.02 Å². The summed E-state index contributed by atoms with van der Waals surface area (Å²) in [4.78, 5) is 35.2. The van der Waals surface area contributed by atoms with E-state index in [2.05, 4.69) is 10.1 Å². The third-order valence-electron chi connectivity index (χ3n) is 3.71. The van der Waals surface area contributed by atoms with Crippen LogP contribution in [0.3, 0.4) is 0 Å². The Balaban J connectivity index is 1.83. The van der Waals surface area contributed by atoms with Gasteiger partial charge in [0, 0.05) is 11.3 Å². The van der Waals surface area contributed by atoms with Gasteiger partial charge >= 0.3 is 12.6 Å². The Kier molecular flexibility index (Phi) is 8.11. The van der Waals surface area contributed by atoms with Crippen LogP contribution in [-0.4, -0.2) is 37.0 Å². The maximum absolute atomic E-state index is 12.2. The molecule has 0 fully saturated rings. The van der Waals surface area contributed by atoms with Gasteiger partial charge in [-0.1, -0.05) is 11.6 Å². The minimum absolute atomic E-state index is 0.0988. The third kappa shape index (κ3) is 7.00. The molecule has 0 aliphatic rings. The van der Waals surface area contributed by atoms with Crippen LogP contribution in [0.2, 0.25) is 5.02 Å². The molecule has 0 aliphatic heterocycles. The highest BCUT2D eigenvalue weighted by molar-refractivity contribution is 6.32. The van der Waals surface area contributed by atoms with Gasteiger partial charge in [0.25, 0.3) is 5.91 Å². The maximum atomic E-state index is 12.2. The average molecular weight is 442 g/mol. The van der Waals surface area contributed by atoms with E-state index in [-0.39, 0.29) is 22.2 Å². The van der Waals surface area contributed by atoms with Crippen molar-refractivity contribution in [2.24, 2.45) is 0 Å². The van der Waals surface area contributed by atoms with Crippen molar-refractivity contribution in [1.82, 2.24) is 0 Å². The standard InChI is InChI=1S/C20H18ClF2NO6/c1-11(25)13-3-6-15(7-4-13)28-10-18(26)29-12(2)19(27)24-14-5-8-17(16(21)9-14)30-20(22)23/h3-9,12,20H,10H2,1-2H3,(H,24,27). The molecule has 2 aromatic rings.